The molecule has 1 heterocycles. The molecule has 1 saturated carbocycles. The van der Waals surface area contributed by atoms with Crippen LogP contribution in [0, 0.1) is 6.92 Å². The smallest absolute Gasteiger partial charge is 0.244 e. The number of likely N-dealkylation sites (N-methyl/N-ethyl adjacent to an activating group) is 1. The number of rotatable bonds is 11. The molecule has 1 aliphatic carbocycles. The first-order chi connectivity index (χ1) is 15.5. The van der Waals surface area contributed by atoms with Gasteiger partial charge in [-0.25, -0.2) is 0 Å². The molecule has 174 valence electrons. The molecule has 8 heteroatoms. The van der Waals surface area contributed by atoms with Crippen molar-refractivity contribution in [1.82, 2.24) is 14.7 Å². The Balaban J connectivity index is 1.33. The largest absolute Gasteiger partial charge is 0.492 e. The van der Waals surface area contributed by atoms with Crippen molar-refractivity contribution in [3.8, 4) is 5.75 Å². The van der Waals surface area contributed by atoms with Gasteiger partial charge in [-0.2, -0.15) is 5.10 Å². The topological polar surface area (TPSA) is 85.7 Å². The maximum absolute atomic E-state index is 12.4. The van der Waals surface area contributed by atoms with Crippen LogP contribution in [-0.2, 0) is 20.9 Å². The fourth-order valence-corrected chi connectivity index (χ4v) is 3.61. The van der Waals surface area contributed by atoms with E-state index in [0.717, 1.165) is 18.6 Å². The van der Waals surface area contributed by atoms with E-state index in [4.69, 9.17) is 9.47 Å². The van der Waals surface area contributed by atoms with Crippen molar-refractivity contribution in [1.29, 1.82) is 0 Å². The fourth-order valence-electron chi connectivity index (χ4n) is 3.61. The lowest BCUT2D eigenvalue weighted by molar-refractivity contribution is -0.131. The van der Waals surface area contributed by atoms with E-state index in [1.165, 1.54) is 29.5 Å². The number of anilines is 1. The van der Waals surface area contributed by atoms with Crippen molar-refractivity contribution in [2.24, 2.45) is 0 Å². The van der Waals surface area contributed by atoms with Gasteiger partial charge in [0, 0.05) is 13.2 Å². The summed E-state index contributed by atoms with van der Waals surface area (Å²) < 4.78 is 13.0. The molecule has 1 aromatic carbocycles. The molecule has 1 N–H and O–H groups in total. The van der Waals surface area contributed by atoms with Crippen LogP contribution in [-0.4, -0.2) is 59.4 Å². The average Bonchev–Trinajstić information content (AvgIpc) is 3.22. The maximum Gasteiger partial charge on any atom is 0.244 e. The Hall–Kier alpha value is -2.87. The minimum absolute atomic E-state index is 0.0839. The third-order valence-electron chi connectivity index (χ3n) is 5.59. The van der Waals surface area contributed by atoms with Crippen LogP contribution in [0.2, 0.25) is 0 Å². The highest BCUT2D eigenvalue weighted by atomic mass is 16.5. The number of carbonyl (C=O) groups excluding carboxylic acids is 2. The highest BCUT2D eigenvalue weighted by molar-refractivity contribution is 5.90. The first-order valence-corrected chi connectivity index (χ1v) is 11.4. The number of carbonyl (C=O) groups is 2. The van der Waals surface area contributed by atoms with E-state index in [2.05, 4.69) is 10.4 Å². The highest BCUT2D eigenvalue weighted by Crippen LogP contribution is 2.20. The molecule has 32 heavy (non-hydrogen) atoms. The Bertz CT molecular complexity index is 859. The minimum Gasteiger partial charge on any atom is -0.492 e. The normalized spacial score (nSPS) is 14.2. The van der Waals surface area contributed by atoms with Crippen LogP contribution >= 0.6 is 0 Å². The predicted octanol–water partition coefficient (Wildman–Crippen LogP) is 3.41. The Morgan fingerprint density at radius 2 is 1.91 bits per heavy atom. The van der Waals surface area contributed by atoms with Gasteiger partial charge >= 0.3 is 0 Å². The van der Waals surface area contributed by atoms with Gasteiger partial charge in [0.25, 0.3) is 0 Å². The molecule has 0 atom stereocenters. The molecule has 1 fully saturated rings. The number of ether oxygens (including phenoxy) is 2. The molecular formula is C24H34N4O4. The summed E-state index contributed by atoms with van der Waals surface area (Å²) >= 11 is 0. The van der Waals surface area contributed by atoms with E-state index < -0.39 is 0 Å². The molecule has 0 unspecified atom stereocenters. The van der Waals surface area contributed by atoms with Crippen LogP contribution in [0.25, 0.3) is 0 Å². The summed E-state index contributed by atoms with van der Waals surface area (Å²) in [5, 5.41) is 6.99. The predicted molar refractivity (Wildman–Crippen MR) is 123 cm³/mol. The van der Waals surface area contributed by atoms with Crippen molar-refractivity contribution >= 4 is 17.5 Å². The first-order valence-electron chi connectivity index (χ1n) is 11.4. The van der Waals surface area contributed by atoms with Gasteiger partial charge < -0.3 is 19.7 Å². The molecule has 2 amide bonds. The Labute approximate surface area is 189 Å². The summed E-state index contributed by atoms with van der Waals surface area (Å²) in [6.07, 6.45) is 9.71. The minimum atomic E-state index is -0.114. The molecule has 3 rings (SSSR count). The van der Waals surface area contributed by atoms with E-state index in [1.807, 2.05) is 31.2 Å². The molecule has 0 spiro atoms. The number of nitrogens with one attached hydrogen (secondary N) is 1. The zero-order valence-electron chi connectivity index (χ0n) is 19.1. The summed E-state index contributed by atoms with van der Waals surface area (Å²) in [5.41, 5.74) is 1.75. The lowest BCUT2D eigenvalue weighted by Crippen LogP contribution is -2.33. The monoisotopic (exact) mass is 442 g/mol. The molecule has 0 saturated heterocycles. The second kappa shape index (κ2) is 12.2. The maximum atomic E-state index is 12.4. The lowest BCUT2D eigenvalue weighted by Gasteiger charge is -2.21. The van der Waals surface area contributed by atoms with E-state index in [1.54, 1.807) is 24.3 Å². The Morgan fingerprint density at radius 1 is 1.16 bits per heavy atom. The van der Waals surface area contributed by atoms with Crippen LogP contribution in [0.5, 0.6) is 5.75 Å². The highest BCUT2D eigenvalue weighted by Gasteiger charge is 2.15. The molecule has 1 aromatic heterocycles. The number of hydrogen-bond donors (Lipinski definition) is 1. The number of aryl methyl sites for hydroxylation is 1. The third kappa shape index (κ3) is 8.00. The van der Waals surface area contributed by atoms with Gasteiger partial charge in [0.05, 0.1) is 37.6 Å². The summed E-state index contributed by atoms with van der Waals surface area (Å²) in [5.74, 6) is 0.587. The van der Waals surface area contributed by atoms with Crippen molar-refractivity contribution in [2.45, 2.75) is 58.1 Å². The number of amides is 2. The second-order valence-electron chi connectivity index (χ2n) is 8.33. The zero-order chi connectivity index (χ0) is 22.8. The second-order valence-corrected chi connectivity index (χ2v) is 8.33. The van der Waals surface area contributed by atoms with Gasteiger partial charge in [0.2, 0.25) is 11.8 Å². The van der Waals surface area contributed by atoms with E-state index in [-0.39, 0.29) is 18.4 Å². The summed E-state index contributed by atoms with van der Waals surface area (Å²) in [6, 6.07) is 7.81. The van der Waals surface area contributed by atoms with E-state index in [0.29, 0.717) is 38.0 Å². The van der Waals surface area contributed by atoms with Crippen LogP contribution in [0.4, 0.5) is 5.69 Å². The first kappa shape index (κ1) is 23.8. The molecule has 8 nitrogen and oxygen atoms in total. The van der Waals surface area contributed by atoms with E-state index in [9.17, 15) is 9.59 Å². The quantitative estimate of drug-likeness (QED) is 0.576. The van der Waals surface area contributed by atoms with Crippen molar-refractivity contribution in [3.63, 3.8) is 0 Å². The molecule has 0 radical (unpaired) electrons. The lowest BCUT2D eigenvalue weighted by atomic mass is 9.98. The van der Waals surface area contributed by atoms with E-state index >= 15 is 0 Å². The fraction of sp³-hybridized carbons (Fsp3) is 0.542. The van der Waals surface area contributed by atoms with Crippen LogP contribution in [0.3, 0.4) is 0 Å². The molecule has 2 aromatic rings. The van der Waals surface area contributed by atoms with Crippen molar-refractivity contribution in [2.75, 3.05) is 32.1 Å². The summed E-state index contributed by atoms with van der Waals surface area (Å²) in [4.78, 5) is 26.2. The van der Waals surface area contributed by atoms with Crippen molar-refractivity contribution in [3.05, 3.63) is 42.2 Å². The number of benzene rings is 1. The molecule has 1 aliphatic rings. The summed E-state index contributed by atoms with van der Waals surface area (Å²) in [7, 11) is 1.74. The van der Waals surface area contributed by atoms with Gasteiger partial charge in [-0.1, -0.05) is 37.0 Å². The molecule has 0 bridgehead atoms. The third-order valence-corrected chi connectivity index (χ3v) is 5.59. The number of aromatic nitrogens is 2. The number of nitrogens with zero attached hydrogens (tertiary/aromatic N) is 3. The molecular weight excluding hydrogens is 408 g/mol. The average molecular weight is 443 g/mol. The standard InChI is InChI=1S/C24H34N4O4/c1-19-8-10-22(11-9-19)32-15-13-27(2)24(30)18-28-17-20(16-25-28)26-23(29)12-14-31-21-6-4-3-5-7-21/h8-11,16-17,21H,3-7,12-15,18H2,1-2H3,(H,26,29). The van der Waals surface area contributed by atoms with Gasteiger partial charge in [-0.05, 0) is 31.9 Å². The van der Waals surface area contributed by atoms with Gasteiger partial charge in [0.1, 0.15) is 18.9 Å². The van der Waals surface area contributed by atoms with Gasteiger partial charge in [-0.3, -0.25) is 14.3 Å². The van der Waals surface area contributed by atoms with Crippen LogP contribution < -0.4 is 10.1 Å². The van der Waals surface area contributed by atoms with Crippen LogP contribution in [0.1, 0.15) is 44.1 Å². The van der Waals surface area contributed by atoms with Gasteiger partial charge in [-0.15, -0.1) is 0 Å². The molecule has 0 aliphatic heterocycles. The number of hydrogen-bond acceptors (Lipinski definition) is 5. The Kier molecular flexibility index (Phi) is 9.10. The van der Waals surface area contributed by atoms with Gasteiger partial charge in [0.15, 0.2) is 0 Å². The van der Waals surface area contributed by atoms with Crippen molar-refractivity contribution < 1.29 is 19.1 Å². The summed E-state index contributed by atoms with van der Waals surface area (Å²) in [6.45, 7) is 3.43. The Morgan fingerprint density at radius 3 is 2.66 bits per heavy atom. The SMILES string of the molecule is Cc1ccc(OCCN(C)C(=O)Cn2cc(NC(=O)CCOC3CCCCC3)cn2)cc1. The zero-order valence-corrected chi connectivity index (χ0v) is 19.1. The van der Waals surface area contributed by atoms with Crippen LogP contribution in [0.15, 0.2) is 36.7 Å².